The molecule has 0 saturated carbocycles. The van der Waals surface area contributed by atoms with Crippen LogP contribution in [0.3, 0.4) is 0 Å². The molecular weight excluding hydrogens is 214 g/mol. The van der Waals surface area contributed by atoms with Crippen LogP contribution in [-0.4, -0.2) is 4.98 Å². The van der Waals surface area contributed by atoms with Gasteiger partial charge in [-0.3, -0.25) is 0 Å². The zero-order chi connectivity index (χ0) is 9.97. The van der Waals surface area contributed by atoms with Crippen molar-refractivity contribution in [3.63, 3.8) is 0 Å². The van der Waals surface area contributed by atoms with E-state index >= 15 is 0 Å². The van der Waals surface area contributed by atoms with Crippen LogP contribution >= 0.6 is 22.9 Å². The Bertz CT molecular complexity index is 436. The van der Waals surface area contributed by atoms with Gasteiger partial charge < -0.3 is 0 Å². The van der Waals surface area contributed by atoms with Crippen molar-refractivity contribution in [2.75, 3.05) is 0 Å². The first-order chi connectivity index (χ1) is 6.81. The fourth-order valence-corrected chi connectivity index (χ4v) is 2.24. The number of aromatic nitrogens is 1. The molecule has 0 aliphatic rings. The van der Waals surface area contributed by atoms with Gasteiger partial charge in [0.05, 0.1) is 10.7 Å². The molecule has 1 heterocycles. The molecule has 0 aliphatic carbocycles. The summed E-state index contributed by atoms with van der Waals surface area (Å²) in [7, 11) is 0. The largest absolute Gasteiger partial charge is 0.241 e. The lowest BCUT2D eigenvalue weighted by Crippen LogP contribution is -1.81. The summed E-state index contributed by atoms with van der Waals surface area (Å²) in [6, 6.07) is 7.80. The van der Waals surface area contributed by atoms with Gasteiger partial charge in [-0.25, -0.2) is 4.98 Å². The van der Waals surface area contributed by atoms with Gasteiger partial charge in [0, 0.05) is 16.0 Å². The van der Waals surface area contributed by atoms with E-state index in [0.29, 0.717) is 0 Å². The molecular formula is C11H10ClNS. The number of aryl methyl sites for hydroxylation is 1. The average molecular weight is 224 g/mol. The van der Waals surface area contributed by atoms with E-state index in [0.717, 1.165) is 27.7 Å². The SMILES string of the molecule is CCc1nc(-c2ccccc2Cl)cs1. The van der Waals surface area contributed by atoms with Crippen molar-refractivity contribution in [2.45, 2.75) is 13.3 Å². The molecule has 0 amide bonds. The van der Waals surface area contributed by atoms with Crippen LogP contribution < -0.4 is 0 Å². The van der Waals surface area contributed by atoms with Gasteiger partial charge in [-0.2, -0.15) is 0 Å². The van der Waals surface area contributed by atoms with E-state index in [1.54, 1.807) is 11.3 Å². The monoisotopic (exact) mass is 223 g/mol. The minimum Gasteiger partial charge on any atom is -0.241 e. The van der Waals surface area contributed by atoms with Gasteiger partial charge in [0.2, 0.25) is 0 Å². The van der Waals surface area contributed by atoms with Crippen molar-refractivity contribution >= 4 is 22.9 Å². The lowest BCUT2D eigenvalue weighted by atomic mass is 10.2. The zero-order valence-corrected chi connectivity index (χ0v) is 9.40. The Morgan fingerprint density at radius 2 is 2.14 bits per heavy atom. The van der Waals surface area contributed by atoms with E-state index in [2.05, 4.69) is 17.3 Å². The number of thiazole rings is 1. The smallest absolute Gasteiger partial charge is 0.0929 e. The number of hydrogen-bond donors (Lipinski definition) is 0. The lowest BCUT2D eigenvalue weighted by Gasteiger charge is -1.98. The van der Waals surface area contributed by atoms with Crippen LogP contribution in [0.1, 0.15) is 11.9 Å². The maximum atomic E-state index is 6.08. The molecule has 3 heteroatoms. The van der Waals surface area contributed by atoms with Crippen molar-refractivity contribution in [2.24, 2.45) is 0 Å². The third-order valence-corrected chi connectivity index (χ3v) is 3.33. The Morgan fingerprint density at radius 3 is 2.79 bits per heavy atom. The lowest BCUT2D eigenvalue weighted by molar-refractivity contribution is 1.10. The second-order valence-electron chi connectivity index (χ2n) is 2.96. The van der Waals surface area contributed by atoms with Crippen LogP contribution in [-0.2, 0) is 6.42 Å². The molecule has 2 aromatic rings. The summed E-state index contributed by atoms with van der Waals surface area (Å²) in [5.41, 5.74) is 2.00. The van der Waals surface area contributed by atoms with E-state index in [9.17, 15) is 0 Å². The standard InChI is InChI=1S/C11H10ClNS/c1-2-11-13-10(7-14-11)8-5-3-4-6-9(8)12/h3-7H,2H2,1H3. The van der Waals surface area contributed by atoms with E-state index in [1.165, 1.54) is 0 Å². The normalized spacial score (nSPS) is 10.4. The molecule has 0 N–H and O–H groups in total. The topological polar surface area (TPSA) is 12.9 Å². The Labute approximate surface area is 92.4 Å². The quantitative estimate of drug-likeness (QED) is 0.749. The highest BCUT2D eigenvalue weighted by atomic mass is 35.5. The summed E-state index contributed by atoms with van der Waals surface area (Å²) < 4.78 is 0. The van der Waals surface area contributed by atoms with Crippen molar-refractivity contribution in [3.8, 4) is 11.3 Å². The highest BCUT2D eigenvalue weighted by molar-refractivity contribution is 7.09. The first kappa shape index (κ1) is 9.69. The molecule has 0 saturated heterocycles. The predicted molar refractivity (Wildman–Crippen MR) is 61.9 cm³/mol. The van der Waals surface area contributed by atoms with Crippen molar-refractivity contribution in [1.82, 2.24) is 4.98 Å². The van der Waals surface area contributed by atoms with Crippen LogP contribution in [0.25, 0.3) is 11.3 Å². The highest BCUT2D eigenvalue weighted by Gasteiger charge is 2.05. The van der Waals surface area contributed by atoms with E-state index in [-0.39, 0.29) is 0 Å². The molecule has 72 valence electrons. The third kappa shape index (κ3) is 1.81. The minimum absolute atomic E-state index is 0.764. The van der Waals surface area contributed by atoms with E-state index < -0.39 is 0 Å². The molecule has 0 fully saturated rings. The maximum absolute atomic E-state index is 6.08. The van der Waals surface area contributed by atoms with E-state index in [4.69, 9.17) is 11.6 Å². The Kier molecular flexibility index (Phi) is 2.85. The van der Waals surface area contributed by atoms with Crippen molar-refractivity contribution in [1.29, 1.82) is 0 Å². The molecule has 0 atom stereocenters. The molecule has 0 radical (unpaired) electrons. The van der Waals surface area contributed by atoms with Gasteiger partial charge in [0.15, 0.2) is 0 Å². The van der Waals surface area contributed by atoms with Crippen molar-refractivity contribution in [3.05, 3.63) is 39.7 Å². The van der Waals surface area contributed by atoms with Crippen LogP contribution in [0, 0.1) is 0 Å². The van der Waals surface area contributed by atoms with Gasteiger partial charge >= 0.3 is 0 Å². The predicted octanol–water partition coefficient (Wildman–Crippen LogP) is 4.03. The summed E-state index contributed by atoms with van der Waals surface area (Å²) in [6.45, 7) is 2.11. The molecule has 0 aliphatic heterocycles. The molecule has 2 rings (SSSR count). The molecule has 1 aromatic carbocycles. The first-order valence-corrected chi connectivity index (χ1v) is 5.76. The second-order valence-corrected chi connectivity index (χ2v) is 4.31. The molecule has 0 bridgehead atoms. The van der Waals surface area contributed by atoms with Crippen LogP contribution in [0.15, 0.2) is 29.6 Å². The maximum Gasteiger partial charge on any atom is 0.0929 e. The number of rotatable bonds is 2. The number of benzene rings is 1. The number of nitrogens with zero attached hydrogens (tertiary/aromatic N) is 1. The fourth-order valence-electron chi connectivity index (χ4n) is 1.27. The molecule has 0 unspecified atom stereocenters. The number of halogens is 1. The van der Waals surface area contributed by atoms with Crippen molar-refractivity contribution < 1.29 is 0 Å². The Morgan fingerprint density at radius 1 is 1.36 bits per heavy atom. The first-order valence-electron chi connectivity index (χ1n) is 4.50. The van der Waals surface area contributed by atoms with E-state index in [1.807, 2.05) is 24.3 Å². The van der Waals surface area contributed by atoms with Gasteiger partial charge in [0.1, 0.15) is 0 Å². The summed E-state index contributed by atoms with van der Waals surface area (Å²) in [5, 5.41) is 3.97. The van der Waals surface area contributed by atoms with Crippen LogP contribution in [0.5, 0.6) is 0 Å². The van der Waals surface area contributed by atoms with Gasteiger partial charge in [-0.1, -0.05) is 36.7 Å². The molecule has 0 spiro atoms. The average Bonchev–Trinajstić information content (AvgIpc) is 2.67. The fraction of sp³-hybridized carbons (Fsp3) is 0.182. The summed E-state index contributed by atoms with van der Waals surface area (Å²) in [5.74, 6) is 0. The number of hydrogen-bond acceptors (Lipinski definition) is 2. The highest BCUT2D eigenvalue weighted by Crippen LogP contribution is 2.28. The van der Waals surface area contributed by atoms with Gasteiger partial charge in [-0.15, -0.1) is 11.3 Å². The van der Waals surface area contributed by atoms with Gasteiger partial charge in [-0.05, 0) is 12.5 Å². The summed E-state index contributed by atoms with van der Waals surface area (Å²) in [4.78, 5) is 4.49. The summed E-state index contributed by atoms with van der Waals surface area (Å²) >= 11 is 7.76. The molecule has 14 heavy (non-hydrogen) atoms. The summed E-state index contributed by atoms with van der Waals surface area (Å²) in [6.07, 6.45) is 0.981. The Balaban J connectivity index is 2.44. The second kappa shape index (κ2) is 4.11. The Hall–Kier alpha value is -0.860. The van der Waals surface area contributed by atoms with Crippen LogP contribution in [0.2, 0.25) is 5.02 Å². The zero-order valence-electron chi connectivity index (χ0n) is 7.83. The molecule has 1 aromatic heterocycles. The minimum atomic E-state index is 0.764. The van der Waals surface area contributed by atoms with Crippen LogP contribution in [0.4, 0.5) is 0 Å². The third-order valence-electron chi connectivity index (χ3n) is 2.00. The molecule has 1 nitrogen and oxygen atoms in total. The van der Waals surface area contributed by atoms with Gasteiger partial charge in [0.25, 0.3) is 0 Å².